The van der Waals surface area contributed by atoms with Gasteiger partial charge in [-0.15, -0.1) is 0 Å². The SMILES string of the molecule is CCOC(=O)C1=C(CN2CCC(C(=O)OCC)CC2)NC(=O)NC1c1ccc(OCC)cc1. The second-order valence-corrected chi connectivity index (χ2v) is 7.95. The van der Waals surface area contributed by atoms with E-state index < -0.39 is 12.0 Å². The van der Waals surface area contributed by atoms with Crippen LogP contribution in [-0.4, -0.2) is 62.3 Å². The summed E-state index contributed by atoms with van der Waals surface area (Å²) in [6.07, 6.45) is 1.35. The van der Waals surface area contributed by atoms with Crippen LogP contribution in [0.15, 0.2) is 35.5 Å². The van der Waals surface area contributed by atoms with Crippen LogP contribution in [0.5, 0.6) is 5.75 Å². The van der Waals surface area contributed by atoms with Gasteiger partial charge < -0.3 is 24.8 Å². The average Bonchev–Trinajstić information content (AvgIpc) is 2.80. The first-order chi connectivity index (χ1) is 16.0. The number of carbonyl (C=O) groups is 3. The van der Waals surface area contributed by atoms with Gasteiger partial charge in [0.05, 0.1) is 37.4 Å². The number of benzene rings is 1. The Balaban J connectivity index is 1.82. The minimum atomic E-state index is -0.638. The van der Waals surface area contributed by atoms with Gasteiger partial charge in [0.15, 0.2) is 0 Å². The molecule has 1 aromatic carbocycles. The van der Waals surface area contributed by atoms with Crippen LogP contribution in [0.25, 0.3) is 0 Å². The molecule has 9 heteroatoms. The third kappa shape index (κ3) is 6.25. The Morgan fingerprint density at radius 1 is 1.00 bits per heavy atom. The number of amides is 2. The molecule has 180 valence electrons. The Morgan fingerprint density at radius 2 is 1.67 bits per heavy atom. The number of carbonyl (C=O) groups excluding carboxylic acids is 3. The first-order valence-electron chi connectivity index (χ1n) is 11.6. The molecular formula is C24H33N3O6. The van der Waals surface area contributed by atoms with Gasteiger partial charge in [0.2, 0.25) is 0 Å². The smallest absolute Gasteiger partial charge is 0.338 e. The van der Waals surface area contributed by atoms with E-state index in [-0.39, 0.29) is 24.5 Å². The predicted octanol–water partition coefficient (Wildman–Crippen LogP) is 2.53. The van der Waals surface area contributed by atoms with Gasteiger partial charge in [-0.3, -0.25) is 9.69 Å². The Bertz CT molecular complexity index is 875. The van der Waals surface area contributed by atoms with Crippen LogP contribution >= 0.6 is 0 Å². The van der Waals surface area contributed by atoms with E-state index in [1.807, 2.05) is 31.2 Å². The van der Waals surface area contributed by atoms with Crippen LogP contribution in [0.1, 0.15) is 45.2 Å². The number of nitrogens with one attached hydrogen (secondary N) is 2. The summed E-state index contributed by atoms with van der Waals surface area (Å²) in [5.41, 5.74) is 1.66. The monoisotopic (exact) mass is 459 g/mol. The van der Waals surface area contributed by atoms with Crippen molar-refractivity contribution in [2.75, 3.05) is 39.5 Å². The lowest BCUT2D eigenvalue weighted by atomic mass is 9.93. The van der Waals surface area contributed by atoms with Gasteiger partial charge >= 0.3 is 18.0 Å². The minimum Gasteiger partial charge on any atom is -0.494 e. The number of rotatable bonds is 9. The summed E-state index contributed by atoms with van der Waals surface area (Å²) >= 11 is 0. The molecule has 0 aromatic heterocycles. The Hall–Kier alpha value is -3.07. The first-order valence-corrected chi connectivity index (χ1v) is 11.6. The fourth-order valence-electron chi connectivity index (χ4n) is 4.18. The summed E-state index contributed by atoms with van der Waals surface area (Å²) in [7, 11) is 0. The molecule has 2 heterocycles. The molecule has 0 saturated carbocycles. The Kier molecular flexibility index (Phi) is 8.71. The van der Waals surface area contributed by atoms with E-state index >= 15 is 0 Å². The van der Waals surface area contributed by atoms with Gasteiger partial charge in [-0.2, -0.15) is 0 Å². The van der Waals surface area contributed by atoms with E-state index in [0.717, 1.165) is 5.56 Å². The van der Waals surface area contributed by atoms with Gasteiger partial charge in [0, 0.05) is 12.2 Å². The molecule has 0 spiro atoms. The third-order valence-corrected chi connectivity index (χ3v) is 5.76. The van der Waals surface area contributed by atoms with E-state index in [4.69, 9.17) is 14.2 Å². The second-order valence-electron chi connectivity index (χ2n) is 7.95. The van der Waals surface area contributed by atoms with Crippen molar-refractivity contribution < 1.29 is 28.6 Å². The lowest BCUT2D eigenvalue weighted by Gasteiger charge is -2.35. The van der Waals surface area contributed by atoms with Crippen molar-refractivity contribution in [3.05, 3.63) is 41.1 Å². The first kappa shape index (κ1) is 24.6. The number of hydrogen-bond acceptors (Lipinski definition) is 7. The molecular weight excluding hydrogens is 426 g/mol. The molecule has 33 heavy (non-hydrogen) atoms. The van der Waals surface area contributed by atoms with E-state index in [9.17, 15) is 14.4 Å². The van der Waals surface area contributed by atoms with Crippen LogP contribution in [0.4, 0.5) is 4.79 Å². The fraction of sp³-hybridized carbons (Fsp3) is 0.542. The van der Waals surface area contributed by atoms with Gasteiger partial charge in [0.1, 0.15) is 5.75 Å². The van der Waals surface area contributed by atoms with Gasteiger partial charge in [-0.25, -0.2) is 9.59 Å². The lowest BCUT2D eigenvalue weighted by Crippen LogP contribution is -2.49. The van der Waals surface area contributed by atoms with E-state index in [1.165, 1.54) is 0 Å². The quantitative estimate of drug-likeness (QED) is 0.547. The van der Waals surface area contributed by atoms with Gasteiger partial charge in [0.25, 0.3) is 0 Å². The summed E-state index contributed by atoms with van der Waals surface area (Å²) in [6, 6.07) is 6.29. The third-order valence-electron chi connectivity index (χ3n) is 5.76. The molecule has 1 atom stereocenters. The largest absolute Gasteiger partial charge is 0.494 e. The zero-order valence-electron chi connectivity index (χ0n) is 19.5. The molecule has 1 aromatic rings. The molecule has 0 bridgehead atoms. The number of hydrogen-bond donors (Lipinski definition) is 2. The van der Waals surface area contributed by atoms with Gasteiger partial charge in [-0.05, 0) is 64.4 Å². The Labute approximate surface area is 194 Å². The summed E-state index contributed by atoms with van der Waals surface area (Å²) in [5, 5.41) is 5.66. The number of ether oxygens (including phenoxy) is 3. The normalized spacial score (nSPS) is 19.5. The predicted molar refractivity (Wildman–Crippen MR) is 121 cm³/mol. The molecule has 2 amide bonds. The van der Waals surface area contributed by atoms with E-state index in [2.05, 4.69) is 15.5 Å². The molecule has 0 aliphatic carbocycles. The molecule has 0 radical (unpaired) electrons. The zero-order chi connectivity index (χ0) is 23.8. The maximum Gasteiger partial charge on any atom is 0.338 e. The van der Waals surface area contributed by atoms with Crippen molar-refractivity contribution in [2.24, 2.45) is 5.92 Å². The van der Waals surface area contributed by atoms with Gasteiger partial charge in [-0.1, -0.05) is 12.1 Å². The van der Waals surface area contributed by atoms with Crippen molar-refractivity contribution in [1.82, 2.24) is 15.5 Å². The minimum absolute atomic E-state index is 0.112. The van der Waals surface area contributed by atoms with E-state index in [1.54, 1.807) is 13.8 Å². The van der Waals surface area contributed by atoms with Crippen LogP contribution in [-0.2, 0) is 19.1 Å². The molecule has 9 nitrogen and oxygen atoms in total. The standard InChI is InChI=1S/C24H33N3O6/c1-4-31-18-9-7-16(8-10-18)21-20(23(29)33-6-3)19(25-24(30)26-21)15-27-13-11-17(12-14-27)22(28)32-5-2/h7-10,17,21H,4-6,11-15H2,1-3H3,(H2,25,26,30). The highest BCUT2D eigenvalue weighted by Gasteiger charge is 2.35. The van der Waals surface area contributed by atoms with Crippen LogP contribution in [0.2, 0.25) is 0 Å². The molecule has 1 saturated heterocycles. The summed E-state index contributed by atoms with van der Waals surface area (Å²) in [6.45, 7) is 8.32. The number of likely N-dealkylation sites (tertiary alicyclic amines) is 1. The number of piperidine rings is 1. The van der Waals surface area contributed by atoms with Crippen LogP contribution < -0.4 is 15.4 Å². The fourth-order valence-corrected chi connectivity index (χ4v) is 4.18. The van der Waals surface area contributed by atoms with Crippen LogP contribution in [0.3, 0.4) is 0 Å². The van der Waals surface area contributed by atoms with Crippen molar-refractivity contribution in [1.29, 1.82) is 0 Å². The maximum atomic E-state index is 12.9. The number of esters is 2. The maximum absolute atomic E-state index is 12.9. The van der Waals surface area contributed by atoms with Crippen molar-refractivity contribution in [2.45, 2.75) is 39.7 Å². The molecule has 3 rings (SSSR count). The topological polar surface area (TPSA) is 106 Å². The zero-order valence-corrected chi connectivity index (χ0v) is 19.5. The van der Waals surface area contributed by atoms with Crippen molar-refractivity contribution >= 4 is 18.0 Å². The molecule has 1 fully saturated rings. The van der Waals surface area contributed by atoms with Crippen LogP contribution in [0, 0.1) is 5.92 Å². The Morgan fingerprint density at radius 3 is 2.27 bits per heavy atom. The van der Waals surface area contributed by atoms with E-state index in [0.29, 0.717) is 62.7 Å². The highest BCUT2D eigenvalue weighted by molar-refractivity contribution is 5.95. The molecule has 2 N–H and O–H groups in total. The molecule has 1 unspecified atom stereocenters. The highest BCUT2D eigenvalue weighted by Crippen LogP contribution is 2.30. The molecule has 2 aliphatic heterocycles. The second kappa shape index (κ2) is 11.7. The van der Waals surface area contributed by atoms with Crippen molar-refractivity contribution in [3.8, 4) is 5.75 Å². The number of urea groups is 1. The number of nitrogens with zero attached hydrogens (tertiary/aromatic N) is 1. The van der Waals surface area contributed by atoms with Crippen molar-refractivity contribution in [3.63, 3.8) is 0 Å². The highest BCUT2D eigenvalue weighted by atomic mass is 16.5. The summed E-state index contributed by atoms with van der Waals surface area (Å²) in [5.74, 6) is -0.0265. The average molecular weight is 460 g/mol. The summed E-state index contributed by atoms with van der Waals surface area (Å²) in [4.78, 5) is 39.6. The summed E-state index contributed by atoms with van der Waals surface area (Å²) < 4.78 is 16.0. The lowest BCUT2D eigenvalue weighted by molar-refractivity contribution is -0.149. The molecule has 2 aliphatic rings.